The number of benzene rings is 1. The molecule has 0 radical (unpaired) electrons. The third-order valence-electron chi connectivity index (χ3n) is 4.64. The van der Waals surface area contributed by atoms with E-state index in [-0.39, 0.29) is 30.5 Å². The fourth-order valence-electron chi connectivity index (χ4n) is 3.23. The van der Waals surface area contributed by atoms with Gasteiger partial charge in [-0.2, -0.15) is 0 Å². The molecule has 1 aliphatic heterocycles. The van der Waals surface area contributed by atoms with E-state index in [4.69, 9.17) is 23.2 Å². The van der Waals surface area contributed by atoms with Crippen molar-refractivity contribution < 1.29 is 5.11 Å². The Hall–Kier alpha value is -1.10. The number of hydrogen-bond donors (Lipinski definition) is 3. The largest absolute Gasteiger partial charge is 0.387 e. The van der Waals surface area contributed by atoms with Crippen molar-refractivity contribution in [3.05, 3.63) is 45.5 Å². The molecule has 0 saturated carbocycles. The fourth-order valence-corrected chi connectivity index (χ4v) is 3.78. The highest BCUT2D eigenvalue weighted by atomic mass is 127. The minimum Gasteiger partial charge on any atom is -0.387 e. The lowest BCUT2D eigenvalue weighted by Gasteiger charge is -2.16. The van der Waals surface area contributed by atoms with Crippen molar-refractivity contribution in [2.24, 2.45) is 4.99 Å². The first-order chi connectivity index (χ1) is 13.6. The Labute approximate surface area is 198 Å². The maximum Gasteiger partial charge on any atom is 0.191 e. The van der Waals surface area contributed by atoms with Crippen LogP contribution in [0.2, 0.25) is 10.0 Å². The van der Waals surface area contributed by atoms with E-state index in [0.717, 1.165) is 37.5 Å². The molecule has 0 amide bonds. The molecule has 3 rings (SSSR count). The number of rotatable bonds is 6. The van der Waals surface area contributed by atoms with Crippen molar-refractivity contribution in [2.45, 2.75) is 51.8 Å². The van der Waals surface area contributed by atoms with Gasteiger partial charge in [0.2, 0.25) is 0 Å². The van der Waals surface area contributed by atoms with E-state index in [1.807, 2.05) is 6.92 Å². The molecule has 2 heterocycles. The van der Waals surface area contributed by atoms with Gasteiger partial charge in [-0.05, 0) is 43.5 Å². The maximum absolute atomic E-state index is 10.4. The number of halogens is 3. The number of nitrogens with zero attached hydrogens (tertiary/aromatic N) is 4. The van der Waals surface area contributed by atoms with Crippen LogP contribution in [0.1, 0.15) is 49.5 Å². The maximum atomic E-state index is 10.4. The quantitative estimate of drug-likeness (QED) is 0.289. The molecule has 0 saturated heterocycles. The van der Waals surface area contributed by atoms with E-state index >= 15 is 0 Å². The second-order valence-corrected chi connectivity index (χ2v) is 7.66. The van der Waals surface area contributed by atoms with Crippen LogP contribution in [0.15, 0.2) is 23.2 Å². The highest BCUT2D eigenvalue weighted by Crippen LogP contribution is 2.23. The van der Waals surface area contributed by atoms with Gasteiger partial charge < -0.3 is 20.3 Å². The molecular formula is C19H27Cl2IN6O. The van der Waals surface area contributed by atoms with E-state index in [9.17, 15) is 5.11 Å². The summed E-state index contributed by atoms with van der Waals surface area (Å²) >= 11 is 12.0. The Balaban J connectivity index is 0.00000300. The number of aryl methyl sites for hydroxylation is 1. The third kappa shape index (κ3) is 6.97. The number of aliphatic hydroxyl groups is 1. The van der Waals surface area contributed by atoms with E-state index in [1.165, 1.54) is 6.42 Å². The summed E-state index contributed by atoms with van der Waals surface area (Å²) in [4.78, 5) is 4.60. The van der Waals surface area contributed by atoms with Crippen LogP contribution in [0.5, 0.6) is 0 Å². The fraction of sp³-hybridized carbons (Fsp3) is 0.526. The van der Waals surface area contributed by atoms with Gasteiger partial charge in [0.05, 0.1) is 6.10 Å². The molecule has 7 nitrogen and oxygen atoms in total. The highest BCUT2D eigenvalue weighted by molar-refractivity contribution is 14.0. The second kappa shape index (κ2) is 11.9. The van der Waals surface area contributed by atoms with Gasteiger partial charge in [0.15, 0.2) is 11.8 Å². The summed E-state index contributed by atoms with van der Waals surface area (Å²) in [5.74, 6) is 2.53. The zero-order chi connectivity index (χ0) is 19.9. The monoisotopic (exact) mass is 552 g/mol. The van der Waals surface area contributed by atoms with E-state index in [1.54, 1.807) is 18.2 Å². The minimum atomic E-state index is -0.760. The molecule has 160 valence electrons. The van der Waals surface area contributed by atoms with Crippen molar-refractivity contribution in [1.82, 2.24) is 25.4 Å². The molecular weight excluding hydrogens is 526 g/mol. The number of fused-ring (bicyclic) bond motifs is 1. The smallest absolute Gasteiger partial charge is 0.191 e. The van der Waals surface area contributed by atoms with Crippen molar-refractivity contribution >= 4 is 53.1 Å². The van der Waals surface area contributed by atoms with Crippen LogP contribution in [0.25, 0.3) is 0 Å². The third-order valence-corrected chi connectivity index (χ3v) is 5.08. The van der Waals surface area contributed by atoms with Crippen LogP contribution in [-0.2, 0) is 19.5 Å². The number of hydrogen-bond acceptors (Lipinski definition) is 4. The molecule has 29 heavy (non-hydrogen) atoms. The van der Waals surface area contributed by atoms with Gasteiger partial charge in [-0.15, -0.1) is 34.2 Å². The summed E-state index contributed by atoms with van der Waals surface area (Å²) in [5, 5.41) is 26.4. The molecule has 2 aromatic rings. The van der Waals surface area contributed by atoms with E-state index < -0.39 is 6.10 Å². The summed E-state index contributed by atoms with van der Waals surface area (Å²) in [7, 11) is 0. The van der Waals surface area contributed by atoms with Gasteiger partial charge in [0.1, 0.15) is 12.4 Å². The lowest BCUT2D eigenvalue weighted by atomic mass is 10.1. The zero-order valence-corrected chi connectivity index (χ0v) is 20.2. The molecule has 3 N–H and O–H groups in total. The van der Waals surface area contributed by atoms with Crippen LogP contribution < -0.4 is 10.6 Å². The average molecular weight is 553 g/mol. The van der Waals surface area contributed by atoms with Crippen LogP contribution in [0.4, 0.5) is 0 Å². The average Bonchev–Trinajstić information content (AvgIpc) is 2.89. The summed E-state index contributed by atoms with van der Waals surface area (Å²) in [6, 6.07) is 5.05. The van der Waals surface area contributed by atoms with Gasteiger partial charge in [0, 0.05) is 36.1 Å². The lowest BCUT2D eigenvalue weighted by Crippen LogP contribution is -2.39. The van der Waals surface area contributed by atoms with Crippen molar-refractivity contribution in [2.75, 3.05) is 13.1 Å². The molecule has 1 aromatic heterocycles. The Kier molecular flexibility index (Phi) is 9.94. The van der Waals surface area contributed by atoms with Crippen molar-refractivity contribution in [3.63, 3.8) is 0 Å². The van der Waals surface area contributed by atoms with Gasteiger partial charge >= 0.3 is 0 Å². The molecule has 1 unspecified atom stereocenters. The highest BCUT2D eigenvalue weighted by Gasteiger charge is 2.15. The Bertz CT molecular complexity index is 809. The summed E-state index contributed by atoms with van der Waals surface area (Å²) in [6.45, 7) is 4.36. The standard InChI is InChI=1S/C19H26Cl2N6O.HI/c1-2-22-19(23-11-16(28)13-8-14(20)10-15(21)9-13)24-12-18-26-25-17-6-4-3-5-7-27(17)18;/h8-10,16,28H,2-7,11-12H2,1H3,(H2,22,23,24);1H. The first-order valence-corrected chi connectivity index (χ1v) is 10.4. The molecule has 1 atom stereocenters. The lowest BCUT2D eigenvalue weighted by molar-refractivity contribution is 0.181. The van der Waals surface area contributed by atoms with Crippen molar-refractivity contribution in [1.29, 1.82) is 0 Å². The molecule has 10 heteroatoms. The topological polar surface area (TPSA) is 87.4 Å². The molecule has 1 aliphatic rings. The number of guanidine groups is 1. The molecule has 1 aromatic carbocycles. The Morgan fingerprint density at radius 1 is 1.17 bits per heavy atom. The normalized spacial score (nSPS) is 15.1. The second-order valence-electron chi connectivity index (χ2n) is 6.79. The van der Waals surface area contributed by atoms with E-state index in [2.05, 4.69) is 30.4 Å². The summed E-state index contributed by atoms with van der Waals surface area (Å²) in [6.07, 6.45) is 3.75. The van der Waals surface area contributed by atoms with Crippen LogP contribution in [0, 0.1) is 0 Å². The first kappa shape index (κ1) is 24.2. The van der Waals surface area contributed by atoms with Crippen LogP contribution >= 0.6 is 47.2 Å². The molecule has 0 spiro atoms. The number of aliphatic imine (C=N–C) groups is 1. The molecule has 0 aliphatic carbocycles. The van der Waals surface area contributed by atoms with Gasteiger partial charge in [0.25, 0.3) is 0 Å². The summed E-state index contributed by atoms with van der Waals surface area (Å²) in [5.41, 5.74) is 0.656. The van der Waals surface area contributed by atoms with Gasteiger partial charge in [-0.25, -0.2) is 4.99 Å². The first-order valence-electron chi connectivity index (χ1n) is 9.64. The zero-order valence-electron chi connectivity index (χ0n) is 16.4. The molecule has 0 bridgehead atoms. The van der Waals surface area contributed by atoms with Gasteiger partial charge in [-0.3, -0.25) is 0 Å². The Morgan fingerprint density at radius 3 is 2.66 bits per heavy atom. The number of aromatic nitrogens is 3. The SMILES string of the molecule is CCNC(=NCc1nnc2n1CCCCC2)NCC(O)c1cc(Cl)cc(Cl)c1.I. The number of nitrogens with one attached hydrogen (secondary N) is 2. The van der Waals surface area contributed by atoms with Crippen LogP contribution in [0.3, 0.4) is 0 Å². The van der Waals surface area contributed by atoms with E-state index in [0.29, 0.717) is 34.7 Å². The number of aliphatic hydroxyl groups excluding tert-OH is 1. The minimum absolute atomic E-state index is 0. The molecule has 0 fully saturated rings. The van der Waals surface area contributed by atoms with Crippen molar-refractivity contribution in [3.8, 4) is 0 Å². The Morgan fingerprint density at radius 2 is 1.93 bits per heavy atom. The predicted octanol–water partition coefficient (Wildman–Crippen LogP) is 3.72. The predicted molar refractivity (Wildman–Crippen MR) is 127 cm³/mol. The van der Waals surface area contributed by atoms with Gasteiger partial charge in [-0.1, -0.05) is 29.6 Å². The summed E-state index contributed by atoms with van der Waals surface area (Å²) < 4.78 is 2.18. The van der Waals surface area contributed by atoms with Crippen LogP contribution in [-0.4, -0.2) is 38.9 Å².